The van der Waals surface area contributed by atoms with Crippen molar-refractivity contribution in [2.45, 2.75) is 253 Å². The van der Waals surface area contributed by atoms with Gasteiger partial charge in [0.05, 0.1) is 119 Å². The van der Waals surface area contributed by atoms with E-state index in [1.807, 2.05) is 106 Å². The monoisotopic (exact) mass is 1990 g/mol. The predicted octanol–water partition coefficient (Wildman–Crippen LogP) is 14.3. The molecule has 2 aromatic carbocycles. The number of aromatic nitrogens is 6. The lowest BCUT2D eigenvalue weighted by Gasteiger charge is -2.42. The Morgan fingerprint density at radius 1 is 0.615 bits per heavy atom. The zero-order valence-corrected chi connectivity index (χ0v) is 87.7. The number of imidazole rings is 1. The molecule has 1 amide bonds. The number of aliphatic hydroxyl groups is 2. The van der Waals surface area contributed by atoms with Crippen LogP contribution in [0, 0.1) is 49.4 Å². The number of nitrogens with zero attached hydrogens (tertiary/aromatic N) is 9. The Hall–Kier alpha value is -9.56. The molecule has 0 radical (unpaired) electrons. The van der Waals surface area contributed by atoms with Crippen molar-refractivity contribution >= 4 is 74.6 Å². The molecule has 2 bridgehead atoms. The number of piperazine rings is 1. The molecular formula is C110H161N9O24. The molecule has 4 fully saturated rings. The molecule has 5 aliphatic rings. The molecule has 1 saturated carbocycles. The van der Waals surface area contributed by atoms with Crippen molar-refractivity contribution < 1.29 is 110 Å². The minimum absolute atomic E-state index is 0.00669. The van der Waals surface area contributed by atoms with Crippen LogP contribution in [0.4, 0.5) is 11.6 Å². The maximum Gasteiger partial charge on any atom is 0.333 e. The quantitative estimate of drug-likeness (QED) is 0.0156. The second-order valence-electron chi connectivity index (χ2n) is 38.5. The first-order valence-electron chi connectivity index (χ1n) is 51.4. The van der Waals surface area contributed by atoms with E-state index < -0.39 is 83.9 Å². The van der Waals surface area contributed by atoms with Gasteiger partial charge >= 0.3 is 17.6 Å². The van der Waals surface area contributed by atoms with Gasteiger partial charge < -0.3 is 91.2 Å². The van der Waals surface area contributed by atoms with Crippen molar-refractivity contribution in [2.24, 2.45) is 42.6 Å². The van der Waals surface area contributed by atoms with Crippen LogP contribution in [-0.2, 0) is 113 Å². The van der Waals surface area contributed by atoms with E-state index in [1.54, 1.807) is 73.1 Å². The average Bonchev–Trinajstić information content (AvgIpc) is 1.58. The second kappa shape index (κ2) is 61.1. The summed E-state index contributed by atoms with van der Waals surface area (Å²) < 4.78 is 81.2. The summed E-state index contributed by atoms with van der Waals surface area (Å²) in [5, 5.41) is 24.4. The number of rotatable bonds is 40. The number of carbonyl (C=O) groups is 7. The molecule has 1 aliphatic carbocycles. The molecule has 4 aliphatic heterocycles. The van der Waals surface area contributed by atoms with Crippen LogP contribution in [-0.4, -0.2) is 300 Å². The van der Waals surface area contributed by atoms with Gasteiger partial charge in [-0.25, -0.2) is 19.6 Å². The van der Waals surface area contributed by atoms with Gasteiger partial charge in [0.2, 0.25) is 11.7 Å². The first-order chi connectivity index (χ1) is 68.9. The summed E-state index contributed by atoms with van der Waals surface area (Å²) in [5.74, 6) is -7.66. The van der Waals surface area contributed by atoms with Crippen molar-refractivity contribution in [3.63, 3.8) is 0 Å². The second-order valence-corrected chi connectivity index (χ2v) is 38.5. The lowest BCUT2D eigenvalue weighted by molar-refractivity contribution is -0.265. The standard InChI is InChI=1S/C56H87NO15.C38H40N8O3.C16H34O6/c1-34-18-13-12-14-19-35(2)46(67-9)32-42-24-22-40(7)56(65,72-42)53(62)54(63)57-26-16-15-20-43(57)55(64)71-47(33-44(58)36(3)29-39(6)51(61)52(69-11)50(60)38(5)28-34)37(4)30-41-23-25-45(48(31-41)68-10)70-49(59)21-17-27-66-8;1-25-19-30(9-12-34(25)44-14-16-45(17-15-44)37-41-21-27(22-42-37)6-10-31(47)13-18-49-4)46-36-32-20-28(29-7-5-26(2)39-23-29)8-11-33(32)40-24-35(36)43(3)38(46)48;1-3-5-17-7-9-19-11-13-21-15-16-22-14-12-20-10-8-18-6-4-2/h12-14,18-19,29,34,36-38,40-43,45-48,51-52,61,65H,15-17,20-28,30-33H2,1-11H3;5,7-9,11-12,19-24H,6,10,13-18H2,1-4H3;3-16H2,1-2H3/b14-12+,18-13+,35-19+,39-29+;;/t34-,36-,37-,38-,40-,41+,42+,43+,45-,46+,47+,48-,51-,52+,56-;;/m1../s1. The van der Waals surface area contributed by atoms with Gasteiger partial charge in [-0.15, -0.1) is 0 Å². The molecule has 8 heterocycles. The number of pyridine rings is 2. The number of piperidine rings is 1. The molecule has 15 atom stereocenters. The van der Waals surface area contributed by atoms with Crippen LogP contribution in [0.5, 0.6) is 0 Å². The maximum atomic E-state index is 14.5. The largest absolute Gasteiger partial charge is 0.460 e. The topological polar surface area (TPSA) is 377 Å². The van der Waals surface area contributed by atoms with E-state index in [0.717, 1.165) is 119 Å². The number of amides is 1. The third-order valence-electron chi connectivity index (χ3n) is 27.5. The highest BCUT2D eigenvalue weighted by Crippen LogP contribution is 2.40. The van der Waals surface area contributed by atoms with Crippen LogP contribution in [0.2, 0.25) is 0 Å². The molecule has 0 unspecified atom stereocenters. The number of anilines is 2. The molecule has 4 aromatic heterocycles. The Morgan fingerprint density at radius 3 is 1.88 bits per heavy atom. The minimum Gasteiger partial charge on any atom is -0.460 e. The number of methoxy groups -OCH3 is 5. The van der Waals surface area contributed by atoms with Crippen molar-refractivity contribution in [3.05, 3.63) is 148 Å². The number of cyclic esters (lactones) is 1. The summed E-state index contributed by atoms with van der Waals surface area (Å²) in [4.78, 5) is 134. The van der Waals surface area contributed by atoms with Gasteiger partial charge in [0.1, 0.15) is 42.0 Å². The summed E-state index contributed by atoms with van der Waals surface area (Å²) >= 11 is 0. The number of esters is 2. The third-order valence-corrected chi connectivity index (χ3v) is 27.5. The Morgan fingerprint density at radius 2 is 1.27 bits per heavy atom. The van der Waals surface area contributed by atoms with Gasteiger partial charge in [0.25, 0.3) is 11.7 Å². The number of fused-ring (bicyclic) bond motifs is 6. The SMILES string of the molecule is CCCOCCOCCOCCOCCOCCOCCC.COCCC(=O)CCc1cnc(N2CCN(c3ccc(-n4c(=O)n(C)c5cnc6ccc(-c7ccc(C)nc7)cc6c54)cc3C)CC2)nc1.COCCCC(=O)O[C@@H]1CC[C@@H](C[C@@H](C)[C@@H]2CC(=O)[C@H](C)/C=C(\C)[C@@H](O)[C@@H](OC)C(=O)[C@H](C)C[C@H](C)/C=C/C=C/C=C(\C)[C@@H](OC)C[C@@H]3CC[C@@H](C)[C@@](O)(O3)C(=O)C(=O)N3CCCC[C@H]3C(=O)O2)C[C@H]1OC. The van der Waals surface area contributed by atoms with Gasteiger partial charge in [0.15, 0.2) is 5.78 Å². The molecule has 6 aromatic rings. The maximum absolute atomic E-state index is 14.5. The zero-order chi connectivity index (χ0) is 103. The average molecular weight is 1990 g/mol. The summed E-state index contributed by atoms with van der Waals surface area (Å²) in [6.07, 6.45) is 22.7. The number of aryl methyl sites for hydroxylation is 4. The lowest BCUT2D eigenvalue weighted by Crippen LogP contribution is -2.61. The Labute approximate surface area is 845 Å². The molecule has 33 nitrogen and oxygen atoms in total. The van der Waals surface area contributed by atoms with E-state index in [0.29, 0.717) is 181 Å². The highest BCUT2D eigenvalue weighted by atomic mass is 16.6. The Bertz CT molecular complexity index is 5130. The first kappa shape index (κ1) is 117. The number of allylic oxidation sites excluding steroid dienone is 6. The molecule has 143 heavy (non-hydrogen) atoms. The first-order valence-corrected chi connectivity index (χ1v) is 51.4. The van der Waals surface area contributed by atoms with Crippen molar-refractivity contribution in [3.8, 4) is 16.8 Å². The van der Waals surface area contributed by atoms with Crippen LogP contribution in [0.1, 0.15) is 195 Å². The van der Waals surface area contributed by atoms with Crippen LogP contribution in [0.25, 0.3) is 38.8 Å². The molecule has 33 heteroatoms. The van der Waals surface area contributed by atoms with Crippen LogP contribution >= 0.6 is 0 Å². The Balaban J connectivity index is 0.000000274. The third kappa shape index (κ3) is 35.4. The summed E-state index contributed by atoms with van der Waals surface area (Å²) in [5.41, 5.74) is 10.6. The number of carbonyl (C=O) groups excluding carboxylic acids is 7. The number of hydrogen-bond donors (Lipinski definition) is 2. The highest BCUT2D eigenvalue weighted by molar-refractivity contribution is 6.39. The highest BCUT2D eigenvalue weighted by Gasteiger charge is 2.53. The van der Waals surface area contributed by atoms with Crippen molar-refractivity contribution in [1.82, 2.24) is 34.0 Å². The molecule has 3 saturated heterocycles. The smallest absolute Gasteiger partial charge is 0.333 e. The number of benzene rings is 2. The minimum atomic E-state index is -2.45. The van der Waals surface area contributed by atoms with E-state index in [9.17, 15) is 48.6 Å². The number of hydrogen-bond acceptors (Lipinski definition) is 30. The van der Waals surface area contributed by atoms with Crippen LogP contribution < -0.4 is 15.5 Å². The molecule has 0 spiro atoms. The van der Waals surface area contributed by atoms with Gasteiger partial charge in [0, 0.05) is 186 Å². The molecule has 11 rings (SSSR count). The van der Waals surface area contributed by atoms with Gasteiger partial charge in [-0.3, -0.25) is 47.9 Å². The van der Waals surface area contributed by atoms with E-state index in [-0.39, 0.29) is 78.7 Å². The fourth-order valence-electron chi connectivity index (χ4n) is 18.9. The van der Waals surface area contributed by atoms with E-state index >= 15 is 0 Å². The van der Waals surface area contributed by atoms with Gasteiger partial charge in [-0.05, 0) is 200 Å². The number of Topliss-reactive ketones (excluding diaryl/α,β-unsaturated/α-hetero) is 4. The Kier molecular flexibility index (Phi) is 50.0. The summed E-state index contributed by atoms with van der Waals surface area (Å²) in [6.45, 7) is 32.7. The van der Waals surface area contributed by atoms with Crippen LogP contribution in [0.15, 0.2) is 126 Å². The van der Waals surface area contributed by atoms with Crippen molar-refractivity contribution in [2.75, 3.05) is 171 Å². The molecule has 2 N–H and O–H groups in total. The fourth-order valence-corrected chi connectivity index (χ4v) is 18.9. The van der Waals surface area contributed by atoms with E-state index in [2.05, 4.69) is 75.9 Å². The molecular weight excluding hydrogens is 1830 g/mol. The predicted molar refractivity (Wildman–Crippen MR) is 548 cm³/mol. The lowest BCUT2D eigenvalue weighted by atomic mass is 9.78. The van der Waals surface area contributed by atoms with Crippen molar-refractivity contribution in [1.29, 1.82) is 0 Å². The number of ketones is 4. The number of ether oxygens (including phenoxy) is 14. The number of aliphatic hydroxyl groups excluding tert-OH is 1. The summed E-state index contributed by atoms with van der Waals surface area (Å²) in [7, 11) is 9.51. The van der Waals surface area contributed by atoms with Gasteiger partial charge in [-0.1, -0.05) is 97.1 Å². The zero-order valence-electron chi connectivity index (χ0n) is 87.7. The van der Waals surface area contributed by atoms with Gasteiger partial charge in [-0.2, -0.15) is 0 Å². The fraction of sp³-hybridized carbons (Fsp3) is 0.636. The van der Waals surface area contributed by atoms with E-state index in [1.165, 1.54) is 12.0 Å². The molecule has 790 valence electrons. The van der Waals surface area contributed by atoms with Crippen LogP contribution in [0.3, 0.4) is 0 Å². The normalized spacial score (nSPS) is 25.2. The van der Waals surface area contributed by atoms with E-state index in [4.69, 9.17) is 71.3 Å². The summed E-state index contributed by atoms with van der Waals surface area (Å²) in [6, 6.07) is 15.3.